The van der Waals surface area contributed by atoms with Crippen molar-refractivity contribution < 1.29 is 27.0 Å². The van der Waals surface area contributed by atoms with Gasteiger partial charge in [-0.1, -0.05) is 11.6 Å². The van der Waals surface area contributed by atoms with Crippen LogP contribution in [0.1, 0.15) is 16.8 Å². The van der Waals surface area contributed by atoms with Gasteiger partial charge in [-0.25, -0.2) is 9.78 Å². The molecule has 1 aromatic rings. The van der Waals surface area contributed by atoms with Crippen LogP contribution in [-0.4, -0.2) is 42.2 Å². The smallest absolute Gasteiger partial charge is 0.339 e. The highest BCUT2D eigenvalue weighted by Crippen LogP contribution is 2.30. The van der Waals surface area contributed by atoms with Gasteiger partial charge in [0.05, 0.1) is 5.69 Å². The van der Waals surface area contributed by atoms with E-state index in [4.69, 9.17) is 16.7 Å². The van der Waals surface area contributed by atoms with Crippen LogP contribution < -0.4 is 4.90 Å². The van der Waals surface area contributed by atoms with Gasteiger partial charge in [-0.05, 0) is 0 Å². The van der Waals surface area contributed by atoms with E-state index in [0.29, 0.717) is 0 Å². The van der Waals surface area contributed by atoms with Crippen molar-refractivity contribution in [2.24, 2.45) is 0 Å². The van der Waals surface area contributed by atoms with Crippen LogP contribution in [0.5, 0.6) is 0 Å². The molecule has 0 saturated carbocycles. The van der Waals surface area contributed by atoms with E-state index in [1.54, 1.807) is 0 Å². The molecule has 20 heavy (non-hydrogen) atoms. The Hall–Kier alpha value is -1.74. The molecule has 0 radical (unpaired) electrons. The molecule has 1 unspecified atom stereocenters. The van der Waals surface area contributed by atoms with E-state index in [-0.39, 0.29) is 16.4 Å². The predicted octanol–water partition coefficient (Wildman–Crippen LogP) is 0.838. The number of carbonyl (C=O) groups excluding carboxylic acids is 1. The van der Waals surface area contributed by atoms with Crippen LogP contribution in [0.3, 0.4) is 0 Å². The molecule has 1 fully saturated rings. The number of carboxylic acids is 1. The van der Waals surface area contributed by atoms with E-state index in [1.165, 1.54) is 0 Å². The predicted molar refractivity (Wildman–Crippen MR) is 67.0 cm³/mol. The van der Waals surface area contributed by atoms with Crippen LogP contribution in [0, 0.1) is 0 Å². The number of nitrogens with zero attached hydrogens (tertiary/aromatic N) is 2. The highest BCUT2D eigenvalue weighted by Gasteiger charge is 2.40. The van der Waals surface area contributed by atoms with Crippen molar-refractivity contribution in [1.29, 1.82) is 0 Å². The average molecular weight is 323 g/mol. The highest BCUT2D eigenvalue weighted by atomic mass is 35.5. The van der Waals surface area contributed by atoms with Gasteiger partial charge in [0.1, 0.15) is 16.0 Å². The number of aromatic carboxylic acids is 1. The second-order valence-corrected chi connectivity index (χ2v) is 6.14. The van der Waals surface area contributed by atoms with E-state index in [1.807, 2.05) is 0 Å². The van der Waals surface area contributed by atoms with Crippen molar-refractivity contribution in [1.82, 2.24) is 4.98 Å². The Kier molecular flexibility index (Phi) is 3.65. The topological polar surface area (TPSA) is 105 Å². The monoisotopic (exact) mass is 322 g/mol. The summed E-state index contributed by atoms with van der Waals surface area (Å²) in [5.41, 5.74) is -0.423. The molecular weight excluding hydrogens is 315 g/mol. The zero-order valence-electron chi connectivity index (χ0n) is 9.79. The number of hydrogen-bond donors (Lipinski definition) is 1. The van der Waals surface area contributed by atoms with Crippen LogP contribution in [0.4, 0.5) is 9.57 Å². The molecular formula is C10H8ClFN2O5S. The van der Waals surface area contributed by atoms with E-state index in [2.05, 4.69) is 4.98 Å². The first kappa shape index (κ1) is 14.7. The fraction of sp³-hybridized carbons (Fsp3) is 0.300. The number of amides is 1. The maximum Gasteiger partial charge on any atom is 0.339 e. The fourth-order valence-electron chi connectivity index (χ4n) is 1.90. The maximum absolute atomic E-state index is 12.9. The number of halogens is 2. The summed E-state index contributed by atoms with van der Waals surface area (Å²) in [6.45, 7) is -0.460. The summed E-state index contributed by atoms with van der Waals surface area (Å²) in [5.74, 6) is -2.05. The second kappa shape index (κ2) is 4.98. The van der Waals surface area contributed by atoms with Crippen LogP contribution >= 0.6 is 11.6 Å². The molecule has 108 valence electrons. The van der Waals surface area contributed by atoms with Crippen molar-refractivity contribution in [2.75, 3.05) is 11.4 Å². The molecule has 2 heterocycles. The summed E-state index contributed by atoms with van der Waals surface area (Å²) < 4.78 is 34.6. The number of rotatable bonds is 3. The minimum atomic E-state index is -4.88. The van der Waals surface area contributed by atoms with Gasteiger partial charge in [-0.3, -0.25) is 4.79 Å². The lowest BCUT2D eigenvalue weighted by molar-refractivity contribution is -0.117. The van der Waals surface area contributed by atoms with Crippen LogP contribution in [-0.2, 0) is 15.0 Å². The molecule has 1 atom stereocenters. The van der Waals surface area contributed by atoms with Crippen molar-refractivity contribution >= 4 is 39.4 Å². The second-order valence-electron chi connectivity index (χ2n) is 4.14. The lowest BCUT2D eigenvalue weighted by Crippen LogP contribution is -2.28. The number of pyridine rings is 1. The molecule has 10 heteroatoms. The van der Waals surface area contributed by atoms with Crippen molar-refractivity contribution in [3.63, 3.8) is 0 Å². The molecule has 0 aromatic carbocycles. The molecule has 2 rings (SSSR count). The summed E-state index contributed by atoms with van der Waals surface area (Å²) in [4.78, 5) is 27.3. The Labute approximate surface area is 118 Å². The van der Waals surface area contributed by atoms with Crippen molar-refractivity contribution in [2.45, 2.75) is 11.7 Å². The lowest BCUT2D eigenvalue weighted by Gasteiger charge is -2.18. The minimum Gasteiger partial charge on any atom is -0.478 e. The van der Waals surface area contributed by atoms with Gasteiger partial charge in [-0.15, -0.1) is 3.89 Å². The van der Waals surface area contributed by atoms with E-state index in [9.17, 15) is 21.9 Å². The van der Waals surface area contributed by atoms with E-state index >= 15 is 0 Å². The lowest BCUT2D eigenvalue weighted by atomic mass is 10.2. The normalized spacial score (nSPS) is 19.4. The van der Waals surface area contributed by atoms with Gasteiger partial charge in [0, 0.05) is 25.2 Å². The Morgan fingerprint density at radius 1 is 1.55 bits per heavy atom. The third-order valence-corrected chi connectivity index (χ3v) is 4.18. The molecule has 0 spiro atoms. The third kappa shape index (κ3) is 2.73. The molecule has 1 saturated heterocycles. The van der Waals surface area contributed by atoms with Gasteiger partial charge < -0.3 is 10.0 Å². The van der Waals surface area contributed by atoms with Crippen LogP contribution in [0.15, 0.2) is 12.3 Å². The number of anilines is 1. The van der Waals surface area contributed by atoms with E-state index < -0.39 is 40.3 Å². The van der Waals surface area contributed by atoms with Gasteiger partial charge in [-0.2, -0.15) is 8.42 Å². The average Bonchev–Trinajstić information content (AvgIpc) is 2.70. The zero-order valence-corrected chi connectivity index (χ0v) is 11.4. The Balaban J connectivity index is 2.45. The standard InChI is InChI=1S/C10H8ClFN2O5S/c11-8-2-7(6(3-13-8)10(16)17)14-4-5(1-9(14)15)20(12,18)19/h2-3,5H,1,4H2,(H,16,17). The quantitative estimate of drug-likeness (QED) is 0.653. The largest absolute Gasteiger partial charge is 0.478 e. The van der Waals surface area contributed by atoms with Gasteiger partial charge in [0.25, 0.3) is 0 Å². The maximum atomic E-state index is 12.9. The number of aromatic nitrogens is 1. The first-order chi connectivity index (χ1) is 9.20. The highest BCUT2D eigenvalue weighted by molar-refractivity contribution is 7.87. The molecule has 0 aliphatic carbocycles. The molecule has 1 amide bonds. The summed E-state index contributed by atoms with van der Waals surface area (Å²) in [6.07, 6.45) is 0.405. The molecule has 1 aliphatic rings. The molecule has 1 N–H and O–H groups in total. The number of carbonyl (C=O) groups is 2. The summed E-state index contributed by atoms with van der Waals surface area (Å²) in [5, 5.41) is 7.44. The first-order valence-electron chi connectivity index (χ1n) is 5.33. The summed E-state index contributed by atoms with van der Waals surface area (Å²) >= 11 is 5.64. The van der Waals surface area contributed by atoms with Crippen LogP contribution in [0.2, 0.25) is 5.15 Å². The third-order valence-electron chi connectivity index (χ3n) is 2.86. The number of carboxylic acid groups (broad SMARTS) is 1. The van der Waals surface area contributed by atoms with E-state index in [0.717, 1.165) is 17.2 Å². The SMILES string of the molecule is O=C(O)c1cnc(Cl)cc1N1CC(S(=O)(=O)F)CC1=O. The Morgan fingerprint density at radius 3 is 2.70 bits per heavy atom. The van der Waals surface area contributed by atoms with Gasteiger partial charge in [0.15, 0.2) is 0 Å². The fourth-order valence-corrected chi connectivity index (χ4v) is 2.73. The van der Waals surface area contributed by atoms with Crippen molar-refractivity contribution in [3.8, 4) is 0 Å². The minimum absolute atomic E-state index is 0.0654. The molecule has 1 aromatic heterocycles. The van der Waals surface area contributed by atoms with Gasteiger partial charge >= 0.3 is 16.2 Å². The zero-order chi connectivity index (χ0) is 15.1. The first-order valence-corrected chi connectivity index (χ1v) is 7.15. The Morgan fingerprint density at radius 2 is 2.20 bits per heavy atom. The summed E-state index contributed by atoms with van der Waals surface area (Å²) in [6, 6.07) is 1.12. The molecule has 7 nitrogen and oxygen atoms in total. The Bertz CT molecular complexity index is 693. The van der Waals surface area contributed by atoms with Gasteiger partial charge in [0.2, 0.25) is 5.91 Å². The molecule has 1 aliphatic heterocycles. The molecule has 0 bridgehead atoms. The number of hydrogen-bond acceptors (Lipinski definition) is 5. The van der Waals surface area contributed by atoms with Crippen LogP contribution in [0.25, 0.3) is 0 Å². The summed E-state index contributed by atoms with van der Waals surface area (Å²) in [7, 11) is -4.88. The van der Waals surface area contributed by atoms with Crippen molar-refractivity contribution in [3.05, 3.63) is 23.0 Å².